The molecule has 1 aliphatic rings. The van der Waals surface area contributed by atoms with Gasteiger partial charge in [0.05, 0.1) is 5.56 Å². The van der Waals surface area contributed by atoms with Crippen LogP contribution in [0.1, 0.15) is 43.2 Å². The summed E-state index contributed by atoms with van der Waals surface area (Å²) in [4.78, 5) is 4.14. The van der Waals surface area contributed by atoms with Gasteiger partial charge in [0.2, 0.25) is 0 Å². The van der Waals surface area contributed by atoms with Crippen LogP contribution < -0.4 is 10.6 Å². The number of rotatable bonds is 3. The van der Waals surface area contributed by atoms with E-state index in [0.717, 1.165) is 18.9 Å². The van der Waals surface area contributed by atoms with Crippen molar-refractivity contribution in [3.05, 3.63) is 35.4 Å². The first-order valence-corrected chi connectivity index (χ1v) is 7.62. The van der Waals surface area contributed by atoms with E-state index in [0.29, 0.717) is 24.1 Å². The summed E-state index contributed by atoms with van der Waals surface area (Å²) >= 11 is 0. The van der Waals surface area contributed by atoms with Crippen LogP contribution in [-0.2, 0) is 12.7 Å². The van der Waals surface area contributed by atoms with Crippen molar-refractivity contribution >= 4 is 5.96 Å². The highest BCUT2D eigenvalue weighted by atomic mass is 19.4. The van der Waals surface area contributed by atoms with Crippen LogP contribution in [0.4, 0.5) is 13.2 Å². The van der Waals surface area contributed by atoms with Crippen LogP contribution in [0, 0.1) is 0 Å². The summed E-state index contributed by atoms with van der Waals surface area (Å²) in [7, 11) is 1.67. The highest BCUT2D eigenvalue weighted by Crippen LogP contribution is 2.29. The van der Waals surface area contributed by atoms with Crippen LogP contribution in [-0.4, -0.2) is 19.0 Å². The van der Waals surface area contributed by atoms with E-state index in [-0.39, 0.29) is 0 Å². The summed E-state index contributed by atoms with van der Waals surface area (Å²) < 4.78 is 38.1. The van der Waals surface area contributed by atoms with Crippen LogP contribution in [0.3, 0.4) is 0 Å². The smallest absolute Gasteiger partial charge is 0.354 e. The summed E-state index contributed by atoms with van der Waals surface area (Å²) in [6.07, 6.45) is 1.62. The Morgan fingerprint density at radius 3 is 2.59 bits per heavy atom. The molecule has 2 N–H and O–H groups in total. The Hall–Kier alpha value is -1.72. The van der Waals surface area contributed by atoms with Gasteiger partial charge in [-0.05, 0) is 30.5 Å². The number of alkyl halides is 3. The molecule has 1 fully saturated rings. The number of hydrogen-bond donors (Lipinski definition) is 2. The van der Waals surface area contributed by atoms with Crippen molar-refractivity contribution in [1.82, 2.24) is 10.6 Å². The molecule has 0 bridgehead atoms. The molecule has 1 saturated carbocycles. The van der Waals surface area contributed by atoms with Gasteiger partial charge in [0.15, 0.2) is 5.96 Å². The molecule has 122 valence electrons. The average molecular weight is 313 g/mol. The molecular weight excluding hydrogens is 291 g/mol. The maximum Gasteiger partial charge on any atom is 0.416 e. The minimum absolute atomic E-state index is 0.316. The molecule has 0 saturated heterocycles. The van der Waals surface area contributed by atoms with Crippen molar-refractivity contribution in [2.75, 3.05) is 7.05 Å². The molecular formula is C16H22F3N3. The third-order valence-corrected chi connectivity index (χ3v) is 3.88. The zero-order valence-corrected chi connectivity index (χ0v) is 12.7. The lowest BCUT2D eigenvalue weighted by atomic mass is 9.96. The number of nitrogens with one attached hydrogen (secondary N) is 2. The molecule has 2 rings (SSSR count). The number of nitrogens with zero attached hydrogens (tertiary/aromatic N) is 1. The Morgan fingerprint density at radius 2 is 1.95 bits per heavy atom. The van der Waals surface area contributed by atoms with Gasteiger partial charge in [0.1, 0.15) is 0 Å². The maximum atomic E-state index is 12.7. The Kier molecular flexibility index (Phi) is 5.69. The van der Waals surface area contributed by atoms with Gasteiger partial charge in [-0.25, -0.2) is 0 Å². The van der Waals surface area contributed by atoms with Crippen LogP contribution in [0.2, 0.25) is 0 Å². The van der Waals surface area contributed by atoms with Crippen molar-refractivity contribution in [2.45, 2.75) is 50.9 Å². The van der Waals surface area contributed by atoms with Crippen molar-refractivity contribution in [2.24, 2.45) is 4.99 Å². The average Bonchev–Trinajstić information content (AvgIpc) is 2.52. The van der Waals surface area contributed by atoms with Crippen LogP contribution in [0.15, 0.2) is 29.3 Å². The number of guanidine groups is 1. The monoisotopic (exact) mass is 313 g/mol. The summed E-state index contributed by atoms with van der Waals surface area (Å²) in [5.74, 6) is 0.643. The van der Waals surface area contributed by atoms with E-state index in [1.165, 1.54) is 31.4 Å². The summed E-state index contributed by atoms with van der Waals surface area (Å²) in [5.41, 5.74) is -0.0385. The molecule has 0 radical (unpaired) electrons. The van der Waals surface area contributed by atoms with E-state index in [2.05, 4.69) is 15.6 Å². The van der Waals surface area contributed by atoms with Gasteiger partial charge in [-0.15, -0.1) is 0 Å². The fourth-order valence-corrected chi connectivity index (χ4v) is 2.68. The molecule has 0 aliphatic heterocycles. The molecule has 22 heavy (non-hydrogen) atoms. The Bertz CT molecular complexity index is 506. The van der Waals surface area contributed by atoms with Crippen LogP contribution >= 0.6 is 0 Å². The number of aliphatic imine (C=N–C) groups is 1. The number of benzene rings is 1. The van der Waals surface area contributed by atoms with Crippen LogP contribution in [0.5, 0.6) is 0 Å². The van der Waals surface area contributed by atoms with Gasteiger partial charge in [0, 0.05) is 19.6 Å². The molecule has 1 aliphatic carbocycles. The highest BCUT2D eigenvalue weighted by Gasteiger charge is 2.30. The molecule has 1 aromatic rings. The van der Waals surface area contributed by atoms with Crippen molar-refractivity contribution in [1.29, 1.82) is 0 Å². The summed E-state index contributed by atoms with van der Waals surface area (Å²) in [6.45, 7) is 0.316. The predicted octanol–water partition coefficient (Wildman–Crippen LogP) is 3.70. The molecule has 6 heteroatoms. The molecule has 0 amide bonds. The normalized spacial score (nSPS) is 17.4. The topological polar surface area (TPSA) is 36.4 Å². The molecule has 3 nitrogen and oxygen atoms in total. The minimum Gasteiger partial charge on any atom is -0.354 e. The van der Waals surface area contributed by atoms with Gasteiger partial charge in [0.25, 0.3) is 0 Å². The first-order valence-electron chi connectivity index (χ1n) is 7.62. The fraction of sp³-hybridized carbons (Fsp3) is 0.562. The first kappa shape index (κ1) is 16.6. The Labute approximate surface area is 129 Å². The van der Waals surface area contributed by atoms with E-state index in [1.807, 2.05) is 0 Å². The third kappa shape index (κ3) is 4.93. The predicted molar refractivity (Wildman–Crippen MR) is 81.7 cm³/mol. The highest BCUT2D eigenvalue weighted by molar-refractivity contribution is 5.79. The summed E-state index contributed by atoms with van der Waals surface area (Å²) in [6, 6.07) is 5.76. The van der Waals surface area contributed by atoms with E-state index in [9.17, 15) is 13.2 Å². The van der Waals surface area contributed by atoms with Crippen molar-refractivity contribution in [3.8, 4) is 0 Å². The van der Waals surface area contributed by atoms with E-state index >= 15 is 0 Å². The van der Waals surface area contributed by atoms with Crippen LogP contribution in [0.25, 0.3) is 0 Å². The first-order chi connectivity index (χ1) is 10.5. The number of halogens is 3. The van der Waals surface area contributed by atoms with E-state index in [4.69, 9.17) is 0 Å². The lowest BCUT2D eigenvalue weighted by molar-refractivity contribution is -0.137. The Balaban J connectivity index is 1.90. The molecule has 0 unspecified atom stereocenters. The van der Waals surface area contributed by atoms with Gasteiger partial charge < -0.3 is 10.6 Å². The van der Waals surface area contributed by atoms with E-state index < -0.39 is 11.7 Å². The quantitative estimate of drug-likeness (QED) is 0.659. The van der Waals surface area contributed by atoms with Gasteiger partial charge in [-0.2, -0.15) is 13.2 Å². The molecule has 0 atom stereocenters. The second-order valence-electron chi connectivity index (χ2n) is 5.60. The van der Waals surface area contributed by atoms with Gasteiger partial charge in [-0.3, -0.25) is 4.99 Å². The lowest BCUT2D eigenvalue weighted by Crippen LogP contribution is -2.43. The molecule has 0 heterocycles. The van der Waals surface area contributed by atoms with Crippen molar-refractivity contribution in [3.63, 3.8) is 0 Å². The van der Waals surface area contributed by atoms with Gasteiger partial charge >= 0.3 is 6.18 Å². The zero-order valence-electron chi connectivity index (χ0n) is 12.7. The third-order valence-electron chi connectivity index (χ3n) is 3.88. The summed E-state index contributed by atoms with van der Waals surface area (Å²) in [5, 5.41) is 6.42. The van der Waals surface area contributed by atoms with E-state index in [1.54, 1.807) is 13.1 Å². The molecule has 1 aromatic carbocycles. The molecule has 0 spiro atoms. The maximum absolute atomic E-state index is 12.7. The lowest BCUT2D eigenvalue weighted by Gasteiger charge is -2.25. The fourth-order valence-electron chi connectivity index (χ4n) is 2.68. The van der Waals surface area contributed by atoms with Gasteiger partial charge in [-0.1, -0.05) is 31.4 Å². The standard InChI is InChI=1S/C16H22F3N3/c1-20-15(22-14-8-3-2-4-9-14)21-11-12-6-5-7-13(10-12)16(17,18)19/h5-7,10,14H,2-4,8-9,11H2,1H3,(H2,20,21,22). The second kappa shape index (κ2) is 7.51. The zero-order chi connectivity index (χ0) is 16.0. The Morgan fingerprint density at radius 1 is 1.23 bits per heavy atom. The SMILES string of the molecule is CN=C(NCc1cccc(C(F)(F)F)c1)NC1CCCCC1. The second-order valence-corrected chi connectivity index (χ2v) is 5.60. The van der Waals surface area contributed by atoms with Crippen molar-refractivity contribution < 1.29 is 13.2 Å². The minimum atomic E-state index is -4.31. The molecule has 0 aromatic heterocycles. The number of hydrogen-bond acceptors (Lipinski definition) is 1. The largest absolute Gasteiger partial charge is 0.416 e.